The Hall–Kier alpha value is -1.06. The zero-order valence-electron chi connectivity index (χ0n) is 12.2. The summed E-state index contributed by atoms with van der Waals surface area (Å²) in [6, 6.07) is 6.77. The van der Waals surface area contributed by atoms with E-state index in [0.29, 0.717) is 18.4 Å². The SMILES string of the molecule is O=C(O)CCC1CCCN(C2CCc3cc(Cl)ccc32)C1. The van der Waals surface area contributed by atoms with Crippen LogP contribution in [0, 0.1) is 5.92 Å². The molecule has 1 aliphatic carbocycles. The highest BCUT2D eigenvalue weighted by atomic mass is 35.5. The molecule has 1 fully saturated rings. The van der Waals surface area contributed by atoms with E-state index in [4.69, 9.17) is 16.7 Å². The van der Waals surface area contributed by atoms with Crippen LogP contribution >= 0.6 is 11.6 Å². The molecule has 0 saturated carbocycles. The lowest BCUT2D eigenvalue weighted by molar-refractivity contribution is -0.137. The summed E-state index contributed by atoms with van der Waals surface area (Å²) in [5, 5.41) is 9.68. The van der Waals surface area contributed by atoms with Crippen molar-refractivity contribution in [1.82, 2.24) is 4.90 Å². The van der Waals surface area contributed by atoms with E-state index in [1.807, 2.05) is 6.07 Å². The third-order valence-corrected chi connectivity index (χ3v) is 5.14. The molecule has 2 unspecified atom stereocenters. The number of nitrogens with zero attached hydrogens (tertiary/aromatic N) is 1. The summed E-state index contributed by atoms with van der Waals surface area (Å²) in [7, 11) is 0. The summed E-state index contributed by atoms with van der Waals surface area (Å²) in [5.41, 5.74) is 2.82. The van der Waals surface area contributed by atoms with Gasteiger partial charge in [0.25, 0.3) is 0 Å². The van der Waals surface area contributed by atoms with E-state index in [9.17, 15) is 4.79 Å². The predicted molar refractivity (Wildman–Crippen MR) is 83.7 cm³/mol. The second kappa shape index (κ2) is 6.37. The van der Waals surface area contributed by atoms with Crippen molar-refractivity contribution >= 4 is 17.6 Å². The molecule has 1 N–H and O–H groups in total. The average molecular weight is 308 g/mol. The van der Waals surface area contributed by atoms with E-state index in [-0.39, 0.29) is 0 Å². The van der Waals surface area contributed by atoms with Crippen LogP contribution in [0.1, 0.15) is 49.3 Å². The van der Waals surface area contributed by atoms with Crippen molar-refractivity contribution in [2.24, 2.45) is 5.92 Å². The summed E-state index contributed by atoms with van der Waals surface area (Å²) in [5.74, 6) is -0.140. The first-order valence-electron chi connectivity index (χ1n) is 7.87. The van der Waals surface area contributed by atoms with Crippen molar-refractivity contribution in [2.75, 3.05) is 13.1 Å². The van der Waals surface area contributed by atoms with Gasteiger partial charge in [-0.25, -0.2) is 0 Å². The fraction of sp³-hybridized carbons (Fsp3) is 0.588. The van der Waals surface area contributed by atoms with Gasteiger partial charge in [-0.1, -0.05) is 17.7 Å². The monoisotopic (exact) mass is 307 g/mol. The smallest absolute Gasteiger partial charge is 0.303 e. The Balaban J connectivity index is 1.66. The Morgan fingerprint density at radius 2 is 2.24 bits per heavy atom. The third kappa shape index (κ3) is 3.41. The fourth-order valence-electron chi connectivity index (χ4n) is 3.89. The zero-order valence-corrected chi connectivity index (χ0v) is 13.0. The van der Waals surface area contributed by atoms with E-state index in [0.717, 1.165) is 31.0 Å². The first-order valence-corrected chi connectivity index (χ1v) is 8.25. The topological polar surface area (TPSA) is 40.5 Å². The van der Waals surface area contributed by atoms with Crippen LogP contribution in [0.4, 0.5) is 0 Å². The molecule has 2 atom stereocenters. The predicted octanol–water partition coefficient (Wildman–Crippen LogP) is 3.90. The molecule has 1 heterocycles. The Morgan fingerprint density at radius 3 is 3.05 bits per heavy atom. The van der Waals surface area contributed by atoms with Gasteiger partial charge in [0.1, 0.15) is 0 Å². The maximum absolute atomic E-state index is 10.7. The number of carboxylic acid groups (broad SMARTS) is 1. The van der Waals surface area contributed by atoms with Gasteiger partial charge < -0.3 is 5.11 Å². The van der Waals surface area contributed by atoms with E-state index >= 15 is 0 Å². The molecule has 0 radical (unpaired) electrons. The maximum Gasteiger partial charge on any atom is 0.303 e. The number of carbonyl (C=O) groups is 1. The fourth-order valence-corrected chi connectivity index (χ4v) is 4.08. The Morgan fingerprint density at radius 1 is 1.38 bits per heavy atom. The Labute approximate surface area is 130 Å². The molecule has 0 aromatic heterocycles. The van der Waals surface area contributed by atoms with Crippen LogP contribution in [0.5, 0.6) is 0 Å². The van der Waals surface area contributed by atoms with E-state index in [2.05, 4.69) is 17.0 Å². The van der Waals surface area contributed by atoms with Crippen LogP contribution in [0.2, 0.25) is 5.02 Å². The molecule has 0 amide bonds. The minimum Gasteiger partial charge on any atom is -0.481 e. The molecule has 3 rings (SSSR count). The second-order valence-corrected chi connectivity index (χ2v) is 6.77. The summed E-state index contributed by atoms with van der Waals surface area (Å²) in [4.78, 5) is 13.3. The lowest BCUT2D eigenvalue weighted by atomic mass is 9.91. The number of piperidine rings is 1. The van der Waals surface area contributed by atoms with Gasteiger partial charge in [0.15, 0.2) is 0 Å². The number of hydrogen-bond donors (Lipinski definition) is 1. The molecular formula is C17H22ClNO2. The standard InChI is InChI=1S/C17H22ClNO2/c18-14-5-6-15-13(10-14)4-7-16(15)19-9-1-2-12(11-19)3-8-17(20)21/h5-6,10,12,16H,1-4,7-9,11H2,(H,20,21). The number of aryl methyl sites for hydroxylation is 1. The van der Waals surface area contributed by atoms with Crippen LogP contribution in [0.25, 0.3) is 0 Å². The lowest BCUT2D eigenvalue weighted by Crippen LogP contribution is -2.37. The second-order valence-electron chi connectivity index (χ2n) is 6.33. The largest absolute Gasteiger partial charge is 0.481 e. The van der Waals surface area contributed by atoms with Crippen molar-refractivity contribution in [2.45, 2.75) is 44.6 Å². The number of aliphatic carboxylic acids is 1. The third-order valence-electron chi connectivity index (χ3n) is 4.91. The van der Waals surface area contributed by atoms with Gasteiger partial charge >= 0.3 is 5.97 Å². The van der Waals surface area contributed by atoms with Gasteiger partial charge in [0.2, 0.25) is 0 Å². The number of fused-ring (bicyclic) bond motifs is 1. The molecule has 0 spiro atoms. The molecule has 114 valence electrons. The highest BCUT2D eigenvalue weighted by Gasteiger charge is 2.31. The summed E-state index contributed by atoms with van der Waals surface area (Å²) < 4.78 is 0. The van der Waals surface area contributed by atoms with Crippen molar-refractivity contribution in [3.05, 3.63) is 34.3 Å². The Kier molecular flexibility index (Phi) is 4.51. The summed E-state index contributed by atoms with van der Waals surface area (Å²) in [6.45, 7) is 2.18. The van der Waals surface area contributed by atoms with Gasteiger partial charge in [-0.2, -0.15) is 0 Å². The Bertz CT molecular complexity index is 532. The average Bonchev–Trinajstić information content (AvgIpc) is 2.88. The van der Waals surface area contributed by atoms with E-state index in [1.54, 1.807) is 0 Å². The molecule has 1 aromatic rings. The molecular weight excluding hydrogens is 286 g/mol. The van der Waals surface area contributed by atoms with Gasteiger partial charge in [-0.3, -0.25) is 9.69 Å². The van der Waals surface area contributed by atoms with Crippen LogP contribution in [0.3, 0.4) is 0 Å². The quantitative estimate of drug-likeness (QED) is 0.917. The summed E-state index contributed by atoms with van der Waals surface area (Å²) >= 11 is 6.08. The van der Waals surface area contributed by atoms with Crippen molar-refractivity contribution < 1.29 is 9.90 Å². The highest BCUT2D eigenvalue weighted by molar-refractivity contribution is 6.30. The van der Waals surface area contributed by atoms with Crippen LogP contribution in [-0.4, -0.2) is 29.1 Å². The molecule has 3 nitrogen and oxygen atoms in total. The molecule has 1 aromatic carbocycles. The number of carboxylic acids is 1. The number of halogens is 1. The highest BCUT2D eigenvalue weighted by Crippen LogP contribution is 2.39. The number of benzene rings is 1. The van der Waals surface area contributed by atoms with Crippen LogP contribution in [0.15, 0.2) is 18.2 Å². The minimum absolute atomic E-state index is 0.301. The van der Waals surface area contributed by atoms with Gasteiger partial charge in [0, 0.05) is 24.0 Å². The molecule has 2 aliphatic rings. The summed E-state index contributed by atoms with van der Waals surface area (Å²) in [6.07, 6.45) is 5.74. The van der Waals surface area contributed by atoms with E-state index in [1.165, 1.54) is 30.4 Å². The minimum atomic E-state index is -0.673. The zero-order chi connectivity index (χ0) is 14.8. The number of rotatable bonds is 4. The molecule has 21 heavy (non-hydrogen) atoms. The molecule has 1 saturated heterocycles. The van der Waals surface area contributed by atoms with Crippen LogP contribution < -0.4 is 0 Å². The number of hydrogen-bond acceptors (Lipinski definition) is 2. The molecule has 0 bridgehead atoms. The first-order chi connectivity index (χ1) is 10.1. The van der Waals surface area contributed by atoms with Crippen molar-refractivity contribution in [3.63, 3.8) is 0 Å². The van der Waals surface area contributed by atoms with Crippen LogP contribution in [-0.2, 0) is 11.2 Å². The lowest BCUT2D eigenvalue weighted by Gasteiger charge is -2.37. The van der Waals surface area contributed by atoms with Crippen molar-refractivity contribution in [3.8, 4) is 0 Å². The van der Waals surface area contributed by atoms with E-state index < -0.39 is 5.97 Å². The number of likely N-dealkylation sites (tertiary alicyclic amines) is 1. The normalized spacial score (nSPS) is 25.8. The van der Waals surface area contributed by atoms with Gasteiger partial charge in [-0.15, -0.1) is 0 Å². The molecule has 1 aliphatic heterocycles. The van der Waals surface area contributed by atoms with Gasteiger partial charge in [-0.05, 0) is 67.8 Å². The maximum atomic E-state index is 10.7. The molecule has 4 heteroatoms. The first kappa shape index (κ1) is 14.9. The van der Waals surface area contributed by atoms with Crippen molar-refractivity contribution in [1.29, 1.82) is 0 Å². The van der Waals surface area contributed by atoms with Gasteiger partial charge in [0.05, 0.1) is 0 Å².